The predicted octanol–water partition coefficient (Wildman–Crippen LogP) is -0.175. The standard InChI is InChI=1S/C11H18N4O3/c1-3-18-11(17)13-5-4-12-10(16)6-9-7-14-15(2)8-9/h7-8H,3-6H2,1-2H3,(H,12,16)(H,13,17). The zero-order chi connectivity index (χ0) is 13.4. The van der Waals surface area contributed by atoms with Crippen molar-refractivity contribution in [2.24, 2.45) is 7.05 Å². The summed E-state index contributed by atoms with van der Waals surface area (Å²) < 4.78 is 6.32. The fourth-order valence-electron chi connectivity index (χ4n) is 1.36. The minimum atomic E-state index is -0.473. The molecule has 1 aromatic heterocycles. The van der Waals surface area contributed by atoms with Crippen molar-refractivity contribution in [1.82, 2.24) is 20.4 Å². The molecule has 0 saturated carbocycles. The Morgan fingerprint density at radius 3 is 2.72 bits per heavy atom. The van der Waals surface area contributed by atoms with Gasteiger partial charge in [0, 0.05) is 26.3 Å². The molecule has 0 fully saturated rings. The molecule has 7 nitrogen and oxygen atoms in total. The zero-order valence-electron chi connectivity index (χ0n) is 10.6. The highest BCUT2D eigenvalue weighted by atomic mass is 16.5. The van der Waals surface area contributed by atoms with Gasteiger partial charge in [-0.05, 0) is 12.5 Å². The van der Waals surface area contributed by atoms with Crippen molar-refractivity contribution in [1.29, 1.82) is 0 Å². The van der Waals surface area contributed by atoms with Crippen LogP contribution in [0.25, 0.3) is 0 Å². The van der Waals surface area contributed by atoms with Gasteiger partial charge in [0.2, 0.25) is 5.91 Å². The van der Waals surface area contributed by atoms with Gasteiger partial charge in [-0.2, -0.15) is 5.10 Å². The number of aromatic nitrogens is 2. The van der Waals surface area contributed by atoms with Crippen LogP contribution in [0.3, 0.4) is 0 Å². The minimum absolute atomic E-state index is 0.103. The molecule has 0 aromatic carbocycles. The summed E-state index contributed by atoms with van der Waals surface area (Å²) in [6.07, 6.45) is 3.25. The average molecular weight is 254 g/mol. The lowest BCUT2D eigenvalue weighted by Gasteiger charge is -2.06. The van der Waals surface area contributed by atoms with Crippen molar-refractivity contribution in [3.63, 3.8) is 0 Å². The second-order valence-corrected chi connectivity index (χ2v) is 3.70. The molecule has 0 bridgehead atoms. The van der Waals surface area contributed by atoms with Gasteiger partial charge >= 0.3 is 6.09 Å². The molecule has 0 atom stereocenters. The van der Waals surface area contributed by atoms with Crippen molar-refractivity contribution < 1.29 is 14.3 Å². The molecule has 100 valence electrons. The smallest absolute Gasteiger partial charge is 0.407 e. The van der Waals surface area contributed by atoms with Crippen LogP contribution in [0.15, 0.2) is 12.4 Å². The quantitative estimate of drug-likeness (QED) is 0.690. The van der Waals surface area contributed by atoms with Crippen molar-refractivity contribution in [3.8, 4) is 0 Å². The van der Waals surface area contributed by atoms with Crippen molar-refractivity contribution in [2.45, 2.75) is 13.3 Å². The Labute approximate surface area is 105 Å². The summed E-state index contributed by atoms with van der Waals surface area (Å²) >= 11 is 0. The van der Waals surface area contributed by atoms with E-state index in [1.165, 1.54) is 0 Å². The molecular formula is C11H18N4O3. The van der Waals surface area contributed by atoms with E-state index in [1.807, 2.05) is 0 Å². The minimum Gasteiger partial charge on any atom is -0.450 e. The second-order valence-electron chi connectivity index (χ2n) is 3.70. The number of ether oxygens (including phenoxy) is 1. The van der Waals surface area contributed by atoms with Crippen LogP contribution >= 0.6 is 0 Å². The zero-order valence-corrected chi connectivity index (χ0v) is 10.6. The molecule has 2 amide bonds. The molecule has 0 saturated heterocycles. The number of alkyl carbamates (subject to hydrolysis) is 1. The summed E-state index contributed by atoms with van der Waals surface area (Å²) in [6, 6.07) is 0. The first kappa shape index (κ1) is 14.0. The highest BCUT2D eigenvalue weighted by Crippen LogP contribution is 1.96. The van der Waals surface area contributed by atoms with E-state index in [9.17, 15) is 9.59 Å². The van der Waals surface area contributed by atoms with Gasteiger partial charge in [0.25, 0.3) is 0 Å². The summed E-state index contributed by atoms with van der Waals surface area (Å²) in [7, 11) is 1.80. The first-order valence-electron chi connectivity index (χ1n) is 5.76. The first-order valence-corrected chi connectivity index (χ1v) is 5.76. The molecule has 0 aliphatic carbocycles. The SMILES string of the molecule is CCOC(=O)NCCNC(=O)Cc1cnn(C)c1. The predicted molar refractivity (Wildman–Crippen MR) is 64.9 cm³/mol. The van der Waals surface area contributed by atoms with Gasteiger partial charge < -0.3 is 15.4 Å². The third kappa shape index (κ3) is 5.33. The Morgan fingerprint density at radius 1 is 1.39 bits per heavy atom. The van der Waals surface area contributed by atoms with Crippen LogP contribution in [0.5, 0.6) is 0 Å². The van der Waals surface area contributed by atoms with Crippen LogP contribution in [0.1, 0.15) is 12.5 Å². The number of nitrogens with one attached hydrogen (secondary N) is 2. The molecule has 0 unspecified atom stereocenters. The third-order valence-electron chi connectivity index (χ3n) is 2.11. The fourth-order valence-corrected chi connectivity index (χ4v) is 1.36. The number of aryl methyl sites for hydroxylation is 1. The van der Waals surface area contributed by atoms with Gasteiger partial charge in [-0.15, -0.1) is 0 Å². The van der Waals surface area contributed by atoms with Crippen molar-refractivity contribution in [3.05, 3.63) is 18.0 Å². The maximum Gasteiger partial charge on any atom is 0.407 e. The maximum atomic E-state index is 11.5. The van der Waals surface area contributed by atoms with Crippen LogP contribution in [-0.4, -0.2) is 41.5 Å². The average Bonchev–Trinajstić information content (AvgIpc) is 2.70. The lowest BCUT2D eigenvalue weighted by molar-refractivity contribution is -0.120. The Bertz CT molecular complexity index is 403. The maximum absolute atomic E-state index is 11.5. The van der Waals surface area contributed by atoms with E-state index in [0.29, 0.717) is 19.7 Å². The molecule has 0 radical (unpaired) electrons. The molecular weight excluding hydrogens is 236 g/mol. The van der Waals surface area contributed by atoms with E-state index in [0.717, 1.165) is 5.56 Å². The molecule has 0 spiro atoms. The van der Waals surface area contributed by atoms with Gasteiger partial charge in [-0.1, -0.05) is 0 Å². The second kappa shape index (κ2) is 7.31. The number of hydrogen-bond donors (Lipinski definition) is 2. The first-order chi connectivity index (χ1) is 8.61. The molecule has 0 aliphatic rings. The van der Waals surface area contributed by atoms with Gasteiger partial charge in [0.05, 0.1) is 19.2 Å². The van der Waals surface area contributed by atoms with Crippen molar-refractivity contribution in [2.75, 3.05) is 19.7 Å². The highest BCUT2D eigenvalue weighted by Gasteiger charge is 2.05. The van der Waals surface area contributed by atoms with Crippen LogP contribution < -0.4 is 10.6 Å². The number of amides is 2. The summed E-state index contributed by atoms with van der Waals surface area (Å²) in [5, 5.41) is 9.18. The van der Waals surface area contributed by atoms with E-state index < -0.39 is 6.09 Å². The topological polar surface area (TPSA) is 85.2 Å². The Kier molecular flexibility index (Phi) is 5.69. The van der Waals surface area contributed by atoms with Crippen LogP contribution in [0.4, 0.5) is 4.79 Å². The number of nitrogens with zero attached hydrogens (tertiary/aromatic N) is 2. The number of rotatable bonds is 6. The van der Waals surface area contributed by atoms with Gasteiger partial charge in [-0.25, -0.2) is 4.79 Å². The van der Waals surface area contributed by atoms with Gasteiger partial charge in [0.15, 0.2) is 0 Å². The van der Waals surface area contributed by atoms with E-state index >= 15 is 0 Å². The summed E-state index contributed by atoms with van der Waals surface area (Å²) in [5.74, 6) is -0.103. The lowest BCUT2D eigenvalue weighted by atomic mass is 10.2. The molecule has 1 aromatic rings. The molecule has 2 N–H and O–H groups in total. The van der Waals surface area contributed by atoms with E-state index in [2.05, 4.69) is 20.5 Å². The largest absolute Gasteiger partial charge is 0.450 e. The van der Waals surface area contributed by atoms with E-state index in [4.69, 9.17) is 0 Å². The highest BCUT2D eigenvalue weighted by molar-refractivity contribution is 5.78. The summed E-state index contributed by atoms with van der Waals surface area (Å²) in [6.45, 7) is 2.78. The van der Waals surface area contributed by atoms with Gasteiger partial charge in [0.1, 0.15) is 0 Å². The normalized spacial score (nSPS) is 9.89. The van der Waals surface area contributed by atoms with Crippen LogP contribution in [0, 0.1) is 0 Å². The van der Waals surface area contributed by atoms with Crippen LogP contribution in [0.2, 0.25) is 0 Å². The molecule has 0 aliphatic heterocycles. The Balaban J connectivity index is 2.12. The molecule has 7 heteroatoms. The Morgan fingerprint density at radius 2 is 2.11 bits per heavy atom. The summed E-state index contributed by atoms with van der Waals surface area (Å²) in [4.78, 5) is 22.4. The molecule has 1 rings (SSSR count). The number of carbonyl (C=O) groups excluding carboxylic acids is 2. The number of carbonyl (C=O) groups is 2. The van der Waals surface area contributed by atoms with E-state index in [-0.39, 0.29) is 12.3 Å². The molecule has 1 heterocycles. The Hall–Kier alpha value is -2.05. The molecule has 18 heavy (non-hydrogen) atoms. The fraction of sp³-hybridized carbons (Fsp3) is 0.545. The van der Waals surface area contributed by atoms with Crippen LogP contribution in [-0.2, 0) is 23.0 Å². The van der Waals surface area contributed by atoms with Gasteiger partial charge in [-0.3, -0.25) is 9.48 Å². The monoisotopic (exact) mass is 254 g/mol. The third-order valence-corrected chi connectivity index (χ3v) is 2.11. The number of hydrogen-bond acceptors (Lipinski definition) is 4. The van der Waals surface area contributed by atoms with Crippen molar-refractivity contribution >= 4 is 12.0 Å². The lowest BCUT2D eigenvalue weighted by Crippen LogP contribution is -2.35. The summed E-state index contributed by atoms with van der Waals surface area (Å²) in [5.41, 5.74) is 0.855. The van der Waals surface area contributed by atoms with E-state index in [1.54, 1.807) is 31.0 Å².